The number of pyridine rings is 1. The maximum absolute atomic E-state index is 12.6. The van der Waals surface area contributed by atoms with Crippen LogP contribution in [0.2, 0.25) is 0 Å². The molecule has 2 rings (SSSR count). The van der Waals surface area contributed by atoms with E-state index in [4.69, 9.17) is 10.8 Å². The number of nitrogens with one attached hydrogen (secondary N) is 2. The first-order valence-corrected chi connectivity index (χ1v) is 10.3. The molecule has 0 aliphatic rings. The maximum Gasteiger partial charge on any atom is 0.405 e. The number of carbonyl (C=O) groups excluding carboxylic acids is 1. The van der Waals surface area contributed by atoms with Crippen LogP contribution in [0.15, 0.2) is 18.2 Å². The van der Waals surface area contributed by atoms with Crippen LogP contribution in [-0.2, 0) is 5.41 Å². The lowest BCUT2D eigenvalue weighted by Crippen LogP contribution is -2.38. The second kappa shape index (κ2) is 11.0. The molecule has 1 atom stereocenters. The fraction of sp³-hybridized carbons (Fsp3) is 0.524. The Labute approximate surface area is 186 Å². The predicted octanol–water partition coefficient (Wildman–Crippen LogP) is 3.41. The van der Waals surface area contributed by atoms with Crippen molar-refractivity contribution in [2.75, 3.05) is 31.3 Å². The summed E-state index contributed by atoms with van der Waals surface area (Å²) in [4.78, 5) is 17.0. The van der Waals surface area contributed by atoms with Gasteiger partial charge in [0, 0.05) is 36.5 Å². The molecule has 1 heterocycles. The van der Waals surface area contributed by atoms with Gasteiger partial charge in [0.1, 0.15) is 12.2 Å². The average molecular weight is 461 g/mol. The van der Waals surface area contributed by atoms with Gasteiger partial charge in [-0.1, -0.05) is 20.8 Å². The lowest BCUT2D eigenvalue weighted by Gasteiger charge is -2.23. The fourth-order valence-corrected chi connectivity index (χ4v) is 2.99. The summed E-state index contributed by atoms with van der Waals surface area (Å²) in [5, 5.41) is 12.9. The SMILES string of the molecule is CO.Cc1cc(C(=O)NCC(N)CS)nc2c(C(C)(C)C)cc(NCC(F)(F)F)cc12. The van der Waals surface area contributed by atoms with Crippen LogP contribution < -0.4 is 16.4 Å². The molecule has 1 aromatic carbocycles. The Bertz CT molecular complexity index is 899. The second-order valence-corrected chi connectivity index (χ2v) is 8.48. The number of nitrogens with two attached hydrogens (primary N) is 1. The normalized spacial score (nSPS) is 12.7. The zero-order chi connectivity index (χ0) is 24.0. The van der Waals surface area contributed by atoms with Crippen LogP contribution in [-0.4, -0.2) is 54.2 Å². The average Bonchev–Trinajstić information content (AvgIpc) is 2.69. The van der Waals surface area contributed by atoms with E-state index < -0.39 is 18.1 Å². The maximum atomic E-state index is 12.6. The van der Waals surface area contributed by atoms with Gasteiger partial charge in [-0.05, 0) is 41.7 Å². The van der Waals surface area contributed by atoms with E-state index in [1.807, 2.05) is 20.8 Å². The van der Waals surface area contributed by atoms with Gasteiger partial charge in [0.05, 0.1) is 5.52 Å². The number of rotatable bonds is 6. The number of aliphatic hydroxyl groups excluding tert-OH is 1. The number of anilines is 1. The summed E-state index contributed by atoms with van der Waals surface area (Å²) in [5.41, 5.74) is 8.09. The molecule has 1 aromatic heterocycles. The summed E-state index contributed by atoms with van der Waals surface area (Å²) in [7, 11) is 1.00. The van der Waals surface area contributed by atoms with Crippen molar-refractivity contribution in [1.82, 2.24) is 10.3 Å². The molecule has 1 unspecified atom stereocenters. The van der Waals surface area contributed by atoms with Crippen molar-refractivity contribution in [1.29, 1.82) is 0 Å². The van der Waals surface area contributed by atoms with Gasteiger partial charge in [0.2, 0.25) is 0 Å². The summed E-state index contributed by atoms with van der Waals surface area (Å²) in [6.07, 6.45) is -4.32. The minimum absolute atomic E-state index is 0.239. The monoisotopic (exact) mass is 460 g/mol. The topological polar surface area (TPSA) is 100 Å². The molecule has 0 saturated carbocycles. The highest BCUT2D eigenvalue weighted by Crippen LogP contribution is 2.34. The molecule has 31 heavy (non-hydrogen) atoms. The van der Waals surface area contributed by atoms with Crippen molar-refractivity contribution >= 4 is 35.1 Å². The molecule has 0 spiro atoms. The molecule has 0 aliphatic carbocycles. The third-order valence-corrected chi connectivity index (χ3v) is 4.88. The van der Waals surface area contributed by atoms with Crippen molar-refractivity contribution in [2.24, 2.45) is 5.73 Å². The molecule has 10 heteroatoms. The Morgan fingerprint density at radius 3 is 2.35 bits per heavy atom. The van der Waals surface area contributed by atoms with Gasteiger partial charge in [-0.3, -0.25) is 4.79 Å². The zero-order valence-electron chi connectivity index (χ0n) is 18.4. The fourth-order valence-electron chi connectivity index (χ4n) is 2.86. The smallest absolute Gasteiger partial charge is 0.400 e. The lowest BCUT2D eigenvalue weighted by molar-refractivity contribution is -0.115. The Balaban J connectivity index is 0.00000233. The first kappa shape index (κ1) is 27.0. The summed E-state index contributed by atoms with van der Waals surface area (Å²) in [6.45, 7) is 6.80. The molecule has 6 nitrogen and oxygen atoms in total. The van der Waals surface area contributed by atoms with Crippen LogP contribution in [0.25, 0.3) is 10.9 Å². The van der Waals surface area contributed by atoms with E-state index in [9.17, 15) is 18.0 Å². The second-order valence-electron chi connectivity index (χ2n) is 8.12. The molecule has 1 amide bonds. The number of aliphatic hydroxyl groups is 1. The van der Waals surface area contributed by atoms with Gasteiger partial charge in [0.25, 0.3) is 5.91 Å². The molecule has 0 bridgehead atoms. The van der Waals surface area contributed by atoms with Crippen LogP contribution in [0, 0.1) is 6.92 Å². The zero-order valence-corrected chi connectivity index (χ0v) is 19.3. The van der Waals surface area contributed by atoms with Crippen molar-refractivity contribution in [3.05, 3.63) is 35.0 Å². The number of thiol groups is 1. The Hall–Kier alpha value is -2.04. The predicted molar refractivity (Wildman–Crippen MR) is 122 cm³/mol. The summed E-state index contributed by atoms with van der Waals surface area (Å²) in [6, 6.07) is 4.66. The molecular formula is C21H31F3N4O2S. The Morgan fingerprint density at radius 2 is 1.84 bits per heavy atom. The molecule has 174 valence electrons. The number of alkyl halides is 3. The molecule has 0 saturated heterocycles. The first-order chi connectivity index (χ1) is 14.3. The third kappa shape index (κ3) is 7.86. The number of fused-ring (bicyclic) bond motifs is 1. The van der Waals surface area contributed by atoms with E-state index in [2.05, 4.69) is 28.2 Å². The van der Waals surface area contributed by atoms with Gasteiger partial charge >= 0.3 is 6.18 Å². The Morgan fingerprint density at radius 1 is 1.23 bits per heavy atom. The van der Waals surface area contributed by atoms with Crippen LogP contribution >= 0.6 is 12.6 Å². The number of benzene rings is 1. The lowest BCUT2D eigenvalue weighted by atomic mass is 9.84. The quantitative estimate of drug-likeness (QED) is 0.426. The van der Waals surface area contributed by atoms with E-state index in [0.717, 1.165) is 18.2 Å². The Kier molecular flexibility index (Phi) is 9.59. The van der Waals surface area contributed by atoms with E-state index in [1.54, 1.807) is 25.1 Å². The van der Waals surface area contributed by atoms with Gasteiger partial charge in [-0.2, -0.15) is 25.8 Å². The number of hydrogen-bond donors (Lipinski definition) is 5. The number of aryl methyl sites for hydroxylation is 1. The third-order valence-electron chi connectivity index (χ3n) is 4.41. The summed E-state index contributed by atoms with van der Waals surface area (Å²) in [5.74, 6) is 0.0816. The van der Waals surface area contributed by atoms with Crippen molar-refractivity contribution in [3.8, 4) is 0 Å². The molecule has 0 radical (unpaired) electrons. The van der Waals surface area contributed by atoms with E-state index >= 15 is 0 Å². The highest BCUT2D eigenvalue weighted by molar-refractivity contribution is 7.80. The van der Waals surface area contributed by atoms with Gasteiger partial charge in [0.15, 0.2) is 0 Å². The molecular weight excluding hydrogens is 429 g/mol. The van der Waals surface area contributed by atoms with E-state index in [-0.39, 0.29) is 24.2 Å². The van der Waals surface area contributed by atoms with Crippen molar-refractivity contribution in [3.63, 3.8) is 0 Å². The molecule has 2 aromatic rings. The van der Waals surface area contributed by atoms with Crippen molar-refractivity contribution in [2.45, 2.75) is 45.3 Å². The number of carbonyl (C=O) groups is 1. The molecule has 0 aliphatic heterocycles. The van der Waals surface area contributed by atoms with Crippen molar-refractivity contribution < 1.29 is 23.1 Å². The first-order valence-electron chi connectivity index (χ1n) is 9.67. The van der Waals surface area contributed by atoms with Gasteiger partial charge in [-0.15, -0.1) is 0 Å². The molecule has 5 N–H and O–H groups in total. The van der Waals surface area contributed by atoms with Crippen LogP contribution in [0.4, 0.5) is 18.9 Å². The number of nitrogens with zero attached hydrogens (tertiary/aromatic N) is 1. The molecule has 0 fully saturated rings. The minimum atomic E-state index is -4.32. The van der Waals surface area contributed by atoms with Crippen LogP contribution in [0.5, 0.6) is 0 Å². The number of halogens is 3. The number of aromatic nitrogens is 1. The van der Waals surface area contributed by atoms with Gasteiger partial charge in [-0.25, -0.2) is 4.98 Å². The summed E-state index contributed by atoms with van der Waals surface area (Å²) < 4.78 is 37.9. The van der Waals surface area contributed by atoms with E-state index in [1.165, 1.54) is 0 Å². The van der Waals surface area contributed by atoms with Crippen LogP contribution in [0.1, 0.15) is 42.4 Å². The standard InChI is InChI=1S/C20H27F3N4OS.CH4O/c1-11-5-16(18(28)25-8-12(24)9-29)27-17-14(11)6-13(26-10-20(21,22)23)7-15(17)19(2,3)4;1-2/h5-7,12,26,29H,8-10,24H2,1-4H3,(H,25,28);2H,1H3. The summed E-state index contributed by atoms with van der Waals surface area (Å²) >= 11 is 4.09. The van der Waals surface area contributed by atoms with Gasteiger partial charge < -0.3 is 21.5 Å². The van der Waals surface area contributed by atoms with Crippen LogP contribution in [0.3, 0.4) is 0 Å². The number of amides is 1. The highest BCUT2D eigenvalue weighted by atomic mass is 32.1. The minimum Gasteiger partial charge on any atom is -0.400 e. The highest BCUT2D eigenvalue weighted by Gasteiger charge is 2.27. The number of hydrogen-bond acceptors (Lipinski definition) is 6. The van der Waals surface area contributed by atoms with E-state index in [0.29, 0.717) is 22.3 Å². The largest absolute Gasteiger partial charge is 0.405 e.